The van der Waals surface area contributed by atoms with Crippen LogP contribution in [0.2, 0.25) is 0 Å². The first kappa shape index (κ1) is 10.5. The Hall–Kier alpha value is 0.530. The largest absolute Gasteiger partial charge is 0.325 e. The number of rotatable bonds is 4. The Bertz CT molecular complexity index is 129. The summed E-state index contributed by atoms with van der Waals surface area (Å²) in [4.78, 5) is 17.4. The van der Waals surface area contributed by atoms with Crippen molar-refractivity contribution >= 4 is 18.5 Å². The Balaban J connectivity index is 3.75. The summed E-state index contributed by atoms with van der Waals surface area (Å²) in [5.74, 6) is 0. The lowest BCUT2D eigenvalue weighted by atomic mass is 10.2. The zero-order chi connectivity index (χ0) is 8.20. The zero-order valence-corrected chi connectivity index (χ0v) is 7.86. The van der Waals surface area contributed by atoms with E-state index in [4.69, 9.17) is 14.3 Å². The van der Waals surface area contributed by atoms with Gasteiger partial charge in [-0.15, -0.1) is 0 Å². The minimum Gasteiger partial charge on any atom is -0.325 e. The maximum atomic E-state index is 8.71. The molecule has 0 spiro atoms. The first-order valence-corrected chi connectivity index (χ1v) is 5.86. The maximum absolute atomic E-state index is 8.71. The first-order chi connectivity index (χ1) is 4.49. The van der Waals surface area contributed by atoms with Crippen LogP contribution in [-0.4, -0.2) is 15.9 Å². The quantitative estimate of drug-likeness (QED) is 0.648. The minimum absolute atomic E-state index is 0.110. The van der Waals surface area contributed by atoms with Crippen LogP contribution in [-0.2, 0) is 16.3 Å². The van der Waals surface area contributed by atoms with Crippen LogP contribution in [0.15, 0.2) is 0 Å². The molecule has 0 radical (unpaired) electrons. The third-order valence-electron chi connectivity index (χ3n) is 1.20. The zero-order valence-electron chi connectivity index (χ0n) is 6.15. The fraction of sp³-hybridized carbons (Fsp3) is 1.00. The highest BCUT2D eigenvalue weighted by atomic mass is 32.5. The van der Waals surface area contributed by atoms with E-state index < -0.39 is 6.72 Å². The van der Waals surface area contributed by atoms with E-state index in [-0.39, 0.29) is 6.10 Å². The van der Waals surface area contributed by atoms with Gasteiger partial charge in [-0.3, -0.25) is 0 Å². The van der Waals surface area contributed by atoms with E-state index in [1.54, 1.807) is 0 Å². The molecule has 0 aliphatic carbocycles. The van der Waals surface area contributed by atoms with Gasteiger partial charge < -0.3 is 14.3 Å². The van der Waals surface area contributed by atoms with Gasteiger partial charge in [-0.05, 0) is 24.6 Å². The molecular formula is C5H13O3PS. The van der Waals surface area contributed by atoms with Crippen molar-refractivity contribution < 1.29 is 14.3 Å². The highest BCUT2D eigenvalue weighted by molar-refractivity contribution is 8.06. The van der Waals surface area contributed by atoms with Gasteiger partial charge in [0.15, 0.2) is 0 Å². The molecule has 0 unspecified atom stereocenters. The molecule has 0 aliphatic heterocycles. The van der Waals surface area contributed by atoms with Gasteiger partial charge in [0, 0.05) is 0 Å². The summed E-state index contributed by atoms with van der Waals surface area (Å²) in [5, 5.41) is 0. The fourth-order valence-corrected chi connectivity index (χ4v) is 1.68. The Morgan fingerprint density at radius 3 is 1.90 bits per heavy atom. The van der Waals surface area contributed by atoms with E-state index in [9.17, 15) is 0 Å². The van der Waals surface area contributed by atoms with E-state index in [1.807, 2.05) is 13.8 Å². The van der Waals surface area contributed by atoms with Crippen LogP contribution in [0, 0.1) is 0 Å². The maximum Gasteiger partial charge on any atom is 0.322 e. The van der Waals surface area contributed by atoms with E-state index in [0.29, 0.717) is 0 Å². The van der Waals surface area contributed by atoms with Crippen molar-refractivity contribution in [3.05, 3.63) is 0 Å². The average molecular weight is 184 g/mol. The summed E-state index contributed by atoms with van der Waals surface area (Å²) in [6, 6.07) is 0. The van der Waals surface area contributed by atoms with Crippen molar-refractivity contribution in [1.82, 2.24) is 0 Å². The molecule has 2 N–H and O–H groups in total. The molecule has 5 heteroatoms. The van der Waals surface area contributed by atoms with Gasteiger partial charge in [0.1, 0.15) is 0 Å². The summed E-state index contributed by atoms with van der Waals surface area (Å²) in [6.45, 7) is 0.410. The van der Waals surface area contributed by atoms with Crippen LogP contribution in [0.1, 0.15) is 26.7 Å². The molecule has 0 amide bonds. The summed E-state index contributed by atoms with van der Waals surface area (Å²) in [7, 11) is 0. The molecule has 0 heterocycles. The normalized spacial score (nSPS) is 12.5. The predicted molar refractivity (Wildman–Crippen MR) is 44.2 cm³/mol. The lowest BCUT2D eigenvalue weighted by Crippen LogP contribution is -2.07. The molecule has 0 saturated heterocycles. The Morgan fingerprint density at radius 1 is 1.40 bits per heavy atom. The molecule has 0 aromatic carbocycles. The van der Waals surface area contributed by atoms with Gasteiger partial charge in [-0.2, -0.15) is 0 Å². The van der Waals surface area contributed by atoms with Crippen molar-refractivity contribution in [3.63, 3.8) is 0 Å². The molecule has 0 aromatic heterocycles. The van der Waals surface area contributed by atoms with Crippen molar-refractivity contribution in [3.8, 4) is 0 Å². The molecule has 0 aromatic rings. The van der Waals surface area contributed by atoms with Crippen molar-refractivity contribution in [2.24, 2.45) is 0 Å². The third-order valence-corrected chi connectivity index (χ3v) is 2.03. The lowest BCUT2D eigenvalue weighted by molar-refractivity contribution is 0.161. The summed E-state index contributed by atoms with van der Waals surface area (Å²) >= 11 is 4.29. The second kappa shape index (κ2) is 4.42. The van der Waals surface area contributed by atoms with Gasteiger partial charge in [0.05, 0.1) is 6.10 Å². The van der Waals surface area contributed by atoms with E-state index >= 15 is 0 Å². The van der Waals surface area contributed by atoms with Crippen LogP contribution >= 0.6 is 6.72 Å². The van der Waals surface area contributed by atoms with Crippen molar-refractivity contribution in [1.29, 1.82) is 0 Å². The molecule has 0 saturated carbocycles. The monoisotopic (exact) mass is 184 g/mol. The third kappa shape index (κ3) is 5.33. The molecule has 3 nitrogen and oxygen atoms in total. The predicted octanol–water partition coefficient (Wildman–Crippen LogP) is 1.40. The van der Waals surface area contributed by atoms with Crippen molar-refractivity contribution in [2.75, 3.05) is 0 Å². The Labute approximate surface area is 66.3 Å². The Morgan fingerprint density at radius 2 is 1.80 bits per heavy atom. The molecule has 10 heavy (non-hydrogen) atoms. The second-order valence-corrected chi connectivity index (χ2v) is 4.65. The van der Waals surface area contributed by atoms with Gasteiger partial charge in [0.2, 0.25) is 0 Å². The van der Waals surface area contributed by atoms with Crippen LogP contribution < -0.4 is 0 Å². The van der Waals surface area contributed by atoms with E-state index in [1.165, 1.54) is 0 Å². The summed E-state index contributed by atoms with van der Waals surface area (Å²) in [6.07, 6.45) is 1.41. The average Bonchev–Trinajstić information content (AvgIpc) is 1.81. The smallest absolute Gasteiger partial charge is 0.322 e. The Kier molecular flexibility index (Phi) is 4.65. The SMILES string of the molecule is CCC(CC)OP(O)(O)=S. The summed E-state index contributed by atoms with van der Waals surface area (Å²) in [5.41, 5.74) is 0. The number of hydrogen-bond acceptors (Lipinski definition) is 2. The van der Waals surface area contributed by atoms with E-state index in [0.717, 1.165) is 12.8 Å². The number of hydrogen-bond donors (Lipinski definition) is 2. The van der Waals surface area contributed by atoms with Crippen LogP contribution in [0.25, 0.3) is 0 Å². The van der Waals surface area contributed by atoms with Crippen LogP contribution in [0.5, 0.6) is 0 Å². The van der Waals surface area contributed by atoms with Crippen molar-refractivity contribution in [2.45, 2.75) is 32.8 Å². The standard InChI is InChI=1S/C5H13O3PS/c1-3-5(4-2)8-9(6,7)10/h5H,3-4H2,1-2H3,(H2,6,7,10). The van der Waals surface area contributed by atoms with Gasteiger partial charge in [0.25, 0.3) is 0 Å². The molecular weight excluding hydrogens is 171 g/mol. The lowest BCUT2D eigenvalue weighted by Gasteiger charge is -2.16. The second-order valence-electron chi connectivity index (χ2n) is 2.03. The first-order valence-electron chi connectivity index (χ1n) is 3.23. The molecule has 0 bridgehead atoms. The molecule has 0 rings (SSSR count). The molecule has 0 aliphatic rings. The topological polar surface area (TPSA) is 49.7 Å². The van der Waals surface area contributed by atoms with Crippen LogP contribution in [0.4, 0.5) is 0 Å². The van der Waals surface area contributed by atoms with Gasteiger partial charge in [-0.1, -0.05) is 13.8 Å². The highest BCUT2D eigenvalue weighted by Gasteiger charge is 2.14. The van der Waals surface area contributed by atoms with Crippen LogP contribution in [0.3, 0.4) is 0 Å². The summed E-state index contributed by atoms with van der Waals surface area (Å²) < 4.78 is 4.77. The molecule has 0 fully saturated rings. The van der Waals surface area contributed by atoms with E-state index in [2.05, 4.69) is 11.8 Å². The van der Waals surface area contributed by atoms with Gasteiger partial charge in [-0.25, -0.2) is 0 Å². The van der Waals surface area contributed by atoms with Gasteiger partial charge >= 0.3 is 6.72 Å². The molecule has 0 atom stereocenters. The molecule has 62 valence electrons. The minimum atomic E-state index is -3.42. The fourth-order valence-electron chi connectivity index (χ4n) is 0.632. The highest BCUT2D eigenvalue weighted by Crippen LogP contribution is 2.39.